The van der Waals surface area contributed by atoms with E-state index >= 15 is 0 Å². The lowest BCUT2D eigenvalue weighted by molar-refractivity contribution is 0.261. The molecule has 3 heteroatoms. The standard InChI is InChI=1S/C17H25N3/c1-4-5-16-10-15(13(2)3)8-9-20(16)17-7-6-14(11-18)12-19-17/h6-7,12-13,15-16H,4-5,8-10H2,1-3H3. The molecule has 2 rings (SSSR count). The predicted octanol–water partition coefficient (Wildman–Crippen LogP) is 3.99. The van der Waals surface area contributed by atoms with E-state index in [2.05, 4.69) is 36.7 Å². The van der Waals surface area contributed by atoms with Gasteiger partial charge in [0.15, 0.2) is 0 Å². The molecule has 0 N–H and O–H groups in total. The van der Waals surface area contributed by atoms with Gasteiger partial charge in [0.2, 0.25) is 0 Å². The van der Waals surface area contributed by atoms with E-state index in [-0.39, 0.29) is 0 Å². The normalized spacial score (nSPS) is 22.9. The molecule has 1 saturated heterocycles. The minimum Gasteiger partial charge on any atom is -0.354 e. The molecule has 1 aliphatic heterocycles. The molecular weight excluding hydrogens is 246 g/mol. The molecule has 108 valence electrons. The maximum atomic E-state index is 8.87. The highest BCUT2D eigenvalue weighted by molar-refractivity contribution is 5.43. The Labute approximate surface area is 122 Å². The van der Waals surface area contributed by atoms with Crippen molar-refractivity contribution in [2.45, 2.75) is 52.5 Å². The summed E-state index contributed by atoms with van der Waals surface area (Å²) < 4.78 is 0. The van der Waals surface area contributed by atoms with Crippen LogP contribution >= 0.6 is 0 Å². The zero-order valence-corrected chi connectivity index (χ0v) is 12.8. The van der Waals surface area contributed by atoms with Gasteiger partial charge in [-0.25, -0.2) is 4.98 Å². The molecule has 0 amide bonds. The summed E-state index contributed by atoms with van der Waals surface area (Å²) >= 11 is 0. The molecule has 3 nitrogen and oxygen atoms in total. The molecule has 0 bridgehead atoms. The first-order chi connectivity index (χ1) is 9.65. The van der Waals surface area contributed by atoms with Crippen LogP contribution in [0.3, 0.4) is 0 Å². The van der Waals surface area contributed by atoms with E-state index in [1.54, 1.807) is 6.20 Å². The maximum Gasteiger partial charge on any atom is 0.128 e. The van der Waals surface area contributed by atoms with Crippen molar-refractivity contribution in [3.8, 4) is 6.07 Å². The largest absolute Gasteiger partial charge is 0.354 e. The molecular formula is C17H25N3. The molecule has 1 aliphatic rings. The van der Waals surface area contributed by atoms with Crippen molar-refractivity contribution in [2.75, 3.05) is 11.4 Å². The summed E-state index contributed by atoms with van der Waals surface area (Å²) in [5.41, 5.74) is 0.637. The maximum absolute atomic E-state index is 8.87. The summed E-state index contributed by atoms with van der Waals surface area (Å²) in [5.74, 6) is 2.64. The van der Waals surface area contributed by atoms with Crippen LogP contribution in [0.15, 0.2) is 18.3 Å². The first kappa shape index (κ1) is 14.8. The van der Waals surface area contributed by atoms with E-state index in [0.717, 1.165) is 24.2 Å². The lowest BCUT2D eigenvalue weighted by Gasteiger charge is -2.41. The molecule has 0 aromatic carbocycles. The minimum absolute atomic E-state index is 0.599. The number of aromatic nitrogens is 1. The van der Waals surface area contributed by atoms with E-state index < -0.39 is 0 Å². The fraction of sp³-hybridized carbons (Fsp3) is 0.647. The van der Waals surface area contributed by atoms with E-state index in [4.69, 9.17) is 5.26 Å². The second-order valence-electron chi connectivity index (χ2n) is 6.18. The number of rotatable bonds is 4. The van der Waals surface area contributed by atoms with Gasteiger partial charge in [0, 0.05) is 18.8 Å². The Morgan fingerprint density at radius 1 is 1.45 bits per heavy atom. The fourth-order valence-corrected chi connectivity index (χ4v) is 3.22. The van der Waals surface area contributed by atoms with Crippen LogP contribution in [0.4, 0.5) is 5.82 Å². The Hall–Kier alpha value is -1.56. The number of hydrogen-bond acceptors (Lipinski definition) is 3. The summed E-state index contributed by atoms with van der Waals surface area (Å²) in [6, 6.07) is 6.60. The van der Waals surface area contributed by atoms with Crippen LogP contribution in [-0.2, 0) is 0 Å². The van der Waals surface area contributed by atoms with Crippen LogP contribution in [0.2, 0.25) is 0 Å². The summed E-state index contributed by atoms with van der Waals surface area (Å²) in [4.78, 5) is 6.93. The topological polar surface area (TPSA) is 39.9 Å². The van der Waals surface area contributed by atoms with E-state index in [0.29, 0.717) is 11.6 Å². The van der Waals surface area contributed by atoms with Crippen LogP contribution < -0.4 is 4.90 Å². The molecule has 0 radical (unpaired) electrons. The Balaban J connectivity index is 2.14. The van der Waals surface area contributed by atoms with Gasteiger partial charge < -0.3 is 4.90 Å². The van der Waals surface area contributed by atoms with Crippen LogP contribution in [0.5, 0.6) is 0 Å². The lowest BCUT2D eigenvalue weighted by Crippen LogP contribution is -2.44. The first-order valence-electron chi connectivity index (χ1n) is 7.78. The average Bonchev–Trinajstić information content (AvgIpc) is 2.47. The smallest absolute Gasteiger partial charge is 0.128 e. The van der Waals surface area contributed by atoms with Gasteiger partial charge in [0.05, 0.1) is 5.56 Å². The van der Waals surface area contributed by atoms with Gasteiger partial charge in [-0.3, -0.25) is 0 Å². The van der Waals surface area contributed by atoms with Gasteiger partial charge in [0.25, 0.3) is 0 Å². The fourth-order valence-electron chi connectivity index (χ4n) is 3.22. The van der Waals surface area contributed by atoms with Crippen molar-refractivity contribution in [1.82, 2.24) is 4.98 Å². The zero-order chi connectivity index (χ0) is 14.5. The molecule has 2 atom stereocenters. The number of hydrogen-bond donors (Lipinski definition) is 0. The number of anilines is 1. The average molecular weight is 271 g/mol. The van der Waals surface area contributed by atoms with Crippen LogP contribution in [-0.4, -0.2) is 17.6 Å². The highest BCUT2D eigenvalue weighted by Crippen LogP contribution is 2.33. The predicted molar refractivity (Wildman–Crippen MR) is 82.6 cm³/mol. The van der Waals surface area contributed by atoms with Gasteiger partial charge in [-0.1, -0.05) is 27.2 Å². The Morgan fingerprint density at radius 3 is 2.80 bits per heavy atom. The number of nitriles is 1. The number of nitrogens with zero attached hydrogens (tertiary/aromatic N) is 3. The Bertz CT molecular complexity index is 458. The third-order valence-electron chi connectivity index (χ3n) is 4.49. The van der Waals surface area contributed by atoms with Crippen molar-refractivity contribution >= 4 is 5.82 Å². The Morgan fingerprint density at radius 2 is 2.25 bits per heavy atom. The minimum atomic E-state index is 0.599. The highest BCUT2D eigenvalue weighted by Gasteiger charge is 2.29. The van der Waals surface area contributed by atoms with E-state index in [9.17, 15) is 0 Å². The molecule has 1 aromatic heterocycles. The third-order valence-corrected chi connectivity index (χ3v) is 4.49. The van der Waals surface area contributed by atoms with Crippen molar-refractivity contribution in [3.63, 3.8) is 0 Å². The van der Waals surface area contributed by atoms with Crippen molar-refractivity contribution < 1.29 is 0 Å². The lowest BCUT2D eigenvalue weighted by atomic mass is 9.81. The van der Waals surface area contributed by atoms with Crippen molar-refractivity contribution in [3.05, 3.63) is 23.9 Å². The molecule has 2 heterocycles. The summed E-state index contributed by atoms with van der Waals surface area (Å²) in [6.07, 6.45) is 6.65. The van der Waals surface area contributed by atoms with Crippen molar-refractivity contribution in [2.24, 2.45) is 11.8 Å². The van der Waals surface area contributed by atoms with Crippen LogP contribution in [0.25, 0.3) is 0 Å². The molecule has 0 aliphatic carbocycles. The van der Waals surface area contributed by atoms with Crippen molar-refractivity contribution in [1.29, 1.82) is 5.26 Å². The summed E-state index contributed by atoms with van der Waals surface area (Å²) in [5, 5.41) is 8.87. The molecule has 0 spiro atoms. The molecule has 20 heavy (non-hydrogen) atoms. The van der Waals surface area contributed by atoms with Gasteiger partial charge >= 0.3 is 0 Å². The van der Waals surface area contributed by atoms with Gasteiger partial charge in [-0.05, 0) is 43.2 Å². The monoisotopic (exact) mass is 271 g/mol. The zero-order valence-electron chi connectivity index (χ0n) is 12.8. The van der Waals surface area contributed by atoms with Crippen LogP contribution in [0, 0.1) is 23.2 Å². The van der Waals surface area contributed by atoms with Gasteiger partial charge in [-0.15, -0.1) is 0 Å². The summed E-state index contributed by atoms with van der Waals surface area (Å²) in [6.45, 7) is 8.02. The van der Waals surface area contributed by atoms with Gasteiger partial charge in [0.1, 0.15) is 11.9 Å². The highest BCUT2D eigenvalue weighted by atomic mass is 15.2. The van der Waals surface area contributed by atoms with E-state index in [1.807, 2.05) is 12.1 Å². The van der Waals surface area contributed by atoms with E-state index in [1.165, 1.54) is 25.7 Å². The van der Waals surface area contributed by atoms with Gasteiger partial charge in [-0.2, -0.15) is 5.26 Å². The molecule has 1 fully saturated rings. The second kappa shape index (κ2) is 6.74. The van der Waals surface area contributed by atoms with Crippen LogP contribution in [0.1, 0.15) is 52.0 Å². The number of pyridine rings is 1. The SMILES string of the molecule is CCCC1CC(C(C)C)CCN1c1ccc(C#N)cn1. The quantitative estimate of drug-likeness (QED) is 0.831. The Kier molecular flexibility index (Phi) is 5.00. The third kappa shape index (κ3) is 3.30. The second-order valence-corrected chi connectivity index (χ2v) is 6.18. The number of piperidine rings is 1. The molecule has 1 aromatic rings. The molecule has 2 unspecified atom stereocenters. The first-order valence-corrected chi connectivity index (χ1v) is 7.78. The summed E-state index contributed by atoms with van der Waals surface area (Å²) in [7, 11) is 0. The molecule has 0 saturated carbocycles.